The summed E-state index contributed by atoms with van der Waals surface area (Å²) in [6, 6.07) is 6.30. The van der Waals surface area contributed by atoms with Gasteiger partial charge < -0.3 is 0 Å². The third-order valence-corrected chi connectivity index (χ3v) is 2.63. The molecule has 15 heavy (non-hydrogen) atoms. The van der Waals surface area contributed by atoms with Crippen molar-refractivity contribution in [3.05, 3.63) is 29.8 Å². The van der Waals surface area contributed by atoms with E-state index < -0.39 is 10.1 Å². The standard InChI is InChI=1S/C8H10O4S.C2H6/c1-7-3-5-8(6-4-7)13(9,10)12-11-2;1-2/h3-6H,1-2H3;1-2H3. The molecule has 1 aromatic rings. The first kappa shape index (κ1) is 14.1. The molecule has 0 fully saturated rings. The highest BCUT2D eigenvalue weighted by molar-refractivity contribution is 7.86. The lowest BCUT2D eigenvalue weighted by molar-refractivity contribution is -0.172. The molecule has 0 heterocycles. The van der Waals surface area contributed by atoms with Crippen LogP contribution in [0.15, 0.2) is 29.2 Å². The van der Waals surface area contributed by atoms with Gasteiger partial charge in [0.15, 0.2) is 0 Å². The van der Waals surface area contributed by atoms with Gasteiger partial charge in [-0.25, -0.2) is 4.89 Å². The quantitative estimate of drug-likeness (QED) is 0.592. The van der Waals surface area contributed by atoms with E-state index in [-0.39, 0.29) is 4.90 Å². The third-order valence-electron chi connectivity index (χ3n) is 1.47. The largest absolute Gasteiger partial charge is 0.323 e. The van der Waals surface area contributed by atoms with Gasteiger partial charge in [0.25, 0.3) is 0 Å². The molecule has 1 rings (SSSR count). The van der Waals surface area contributed by atoms with Crippen molar-refractivity contribution < 1.29 is 17.6 Å². The maximum Gasteiger partial charge on any atom is 0.323 e. The summed E-state index contributed by atoms with van der Waals surface area (Å²) >= 11 is 0. The average molecular weight is 232 g/mol. The van der Waals surface area contributed by atoms with Crippen LogP contribution in [-0.4, -0.2) is 15.5 Å². The topological polar surface area (TPSA) is 52.6 Å². The van der Waals surface area contributed by atoms with Crippen LogP contribution in [0.2, 0.25) is 0 Å². The van der Waals surface area contributed by atoms with E-state index in [9.17, 15) is 8.42 Å². The predicted octanol–water partition coefficient (Wildman–Crippen LogP) is 2.29. The molecule has 0 amide bonds. The van der Waals surface area contributed by atoms with E-state index >= 15 is 0 Å². The first-order valence-electron chi connectivity index (χ1n) is 4.60. The summed E-state index contributed by atoms with van der Waals surface area (Å²) in [4.78, 5) is 4.19. The SMILES string of the molecule is CC.COOS(=O)(=O)c1ccc(C)cc1. The minimum Gasteiger partial charge on any atom is -0.223 e. The molecule has 0 atom stereocenters. The van der Waals surface area contributed by atoms with Crippen molar-refractivity contribution in [3.63, 3.8) is 0 Å². The number of hydrogen-bond donors (Lipinski definition) is 0. The molecule has 0 N–H and O–H groups in total. The fourth-order valence-electron chi connectivity index (χ4n) is 0.834. The Morgan fingerprint density at radius 3 is 1.93 bits per heavy atom. The zero-order valence-electron chi connectivity index (χ0n) is 9.35. The normalized spacial score (nSPS) is 10.4. The summed E-state index contributed by atoms with van der Waals surface area (Å²) < 4.78 is 26.5. The van der Waals surface area contributed by atoms with Crippen LogP contribution in [0.3, 0.4) is 0 Å². The lowest BCUT2D eigenvalue weighted by atomic mass is 10.2. The Labute approximate surface area is 90.9 Å². The van der Waals surface area contributed by atoms with E-state index in [1.165, 1.54) is 12.1 Å². The summed E-state index contributed by atoms with van der Waals surface area (Å²) in [5, 5.41) is 0. The second-order valence-corrected chi connectivity index (χ2v) is 4.02. The van der Waals surface area contributed by atoms with Crippen molar-refractivity contribution in [2.24, 2.45) is 0 Å². The van der Waals surface area contributed by atoms with Gasteiger partial charge in [0.05, 0.1) is 12.0 Å². The molecule has 5 heteroatoms. The third kappa shape index (κ3) is 4.42. The van der Waals surface area contributed by atoms with Gasteiger partial charge in [-0.15, -0.1) is 4.33 Å². The Morgan fingerprint density at radius 2 is 1.53 bits per heavy atom. The number of benzene rings is 1. The summed E-state index contributed by atoms with van der Waals surface area (Å²) in [6.45, 7) is 5.87. The first-order chi connectivity index (χ1) is 7.06. The van der Waals surface area contributed by atoms with Gasteiger partial charge in [-0.2, -0.15) is 8.42 Å². The average Bonchev–Trinajstić information content (AvgIpc) is 2.21. The van der Waals surface area contributed by atoms with Crippen molar-refractivity contribution in [3.8, 4) is 0 Å². The minimum absolute atomic E-state index is 0.0833. The zero-order chi connectivity index (χ0) is 11.9. The summed E-state index contributed by atoms with van der Waals surface area (Å²) in [7, 11) is -2.60. The van der Waals surface area contributed by atoms with Crippen LogP contribution in [0.4, 0.5) is 0 Å². The Morgan fingerprint density at radius 1 is 1.07 bits per heavy atom. The van der Waals surface area contributed by atoms with Gasteiger partial charge in [-0.05, 0) is 19.1 Å². The molecule has 0 saturated heterocycles. The molecule has 0 spiro atoms. The molecule has 1 aromatic carbocycles. The van der Waals surface area contributed by atoms with Crippen LogP contribution >= 0.6 is 0 Å². The van der Waals surface area contributed by atoms with E-state index in [4.69, 9.17) is 0 Å². The number of aryl methyl sites for hydroxylation is 1. The Balaban J connectivity index is 0.000000921. The van der Waals surface area contributed by atoms with Crippen molar-refractivity contribution in [1.82, 2.24) is 0 Å². The fraction of sp³-hybridized carbons (Fsp3) is 0.400. The van der Waals surface area contributed by atoms with E-state index in [2.05, 4.69) is 9.22 Å². The second kappa shape index (κ2) is 6.55. The van der Waals surface area contributed by atoms with Crippen LogP contribution in [-0.2, 0) is 19.3 Å². The molecule has 86 valence electrons. The molecule has 0 radical (unpaired) electrons. The molecule has 4 nitrogen and oxygen atoms in total. The van der Waals surface area contributed by atoms with Gasteiger partial charge in [0.1, 0.15) is 0 Å². The number of hydrogen-bond acceptors (Lipinski definition) is 4. The molecule has 0 bridgehead atoms. The van der Waals surface area contributed by atoms with E-state index in [1.54, 1.807) is 12.1 Å². The van der Waals surface area contributed by atoms with Crippen molar-refractivity contribution in [2.45, 2.75) is 25.7 Å². The molecule has 0 saturated carbocycles. The monoisotopic (exact) mass is 232 g/mol. The van der Waals surface area contributed by atoms with Crippen molar-refractivity contribution in [1.29, 1.82) is 0 Å². The molecule has 0 aromatic heterocycles. The maximum atomic E-state index is 11.2. The summed E-state index contributed by atoms with van der Waals surface area (Å²) in [5.41, 5.74) is 0.983. The van der Waals surface area contributed by atoms with Crippen LogP contribution in [0.25, 0.3) is 0 Å². The molecular formula is C10H16O4S. The van der Waals surface area contributed by atoms with Gasteiger partial charge in [-0.3, -0.25) is 0 Å². The van der Waals surface area contributed by atoms with Gasteiger partial charge in [-0.1, -0.05) is 31.5 Å². The summed E-state index contributed by atoms with van der Waals surface area (Å²) in [6.07, 6.45) is 0. The molecule has 0 aliphatic carbocycles. The lowest BCUT2D eigenvalue weighted by Gasteiger charge is -2.01. The fourth-order valence-corrected chi connectivity index (χ4v) is 1.56. The Kier molecular flexibility index (Phi) is 6.15. The highest BCUT2D eigenvalue weighted by Crippen LogP contribution is 2.12. The van der Waals surface area contributed by atoms with E-state index in [0.29, 0.717) is 0 Å². The van der Waals surface area contributed by atoms with Crippen LogP contribution in [0, 0.1) is 6.92 Å². The van der Waals surface area contributed by atoms with Crippen LogP contribution in [0.1, 0.15) is 19.4 Å². The van der Waals surface area contributed by atoms with Crippen molar-refractivity contribution >= 4 is 10.1 Å². The Hall–Kier alpha value is -0.910. The molecule has 0 aliphatic heterocycles. The zero-order valence-corrected chi connectivity index (χ0v) is 10.2. The maximum absolute atomic E-state index is 11.2. The molecule has 0 aliphatic rings. The second-order valence-electron chi connectivity index (χ2n) is 2.50. The molecular weight excluding hydrogens is 216 g/mol. The predicted molar refractivity (Wildman–Crippen MR) is 57.8 cm³/mol. The first-order valence-corrected chi connectivity index (χ1v) is 6.01. The summed E-state index contributed by atoms with van der Waals surface area (Å²) in [5.74, 6) is 0. The highest BCUT2D eigenvalue weighted by atomic mass is 32.2. The highest BCUT2D eigenvalue weighted by Gasteiger charge is 2.14. The smallest absolute Gasteiger partial charge is 0.223 e. The van der Waals surface area contributed by atoms with Gasteiger partial charge >= 0.3 is 10.1 Å². The van der Waals surface area contributed by atoms with Gasteiger partial charge in [0.2, 0.25) is 0 Å². The Bertz CT molecular complexity index is 367. The lowest BCUT2D eigenvalue weighted by Crippen LogP contribution is -2.05. The number of rotatable bonds is 3. The van der Waals surface area contributed by atoms with E-state index in [1.807, 2.05) is 20.8 Å². The van der Waals surface area contributed by atoms with E-state index in [0.717, 1.165) is 12.7 Å². The van der Waals surface area contributed by atoms with Crippen LogP contribution in [0.5, 0.6) is 0 Å². The minimum atomic E-state index is -3.75. The van der Waals surface area contributed by atoms with Crippen LogP contribution < -0.4 is 0 Å². The molecule has 0 unspecified atom stereocenters. The van der Waals surface area contributed by atoms with Crippen molar-refractivity contribution in [2.75, 3.05) is 7.11 Å². The van der Waals surface area contributed by atoms with Gasteiger partial charge in [0, 0.05) is 0 Å².